The summed E-state index contributed by atoms with van der Waals surface area (Å²) >= 11 is 6.13. The second kappa shape index (κ2) is 8.29. The van der Waals surface area contributed by atoms with E-state index in [2.05, 4.69) is 15.6 Å². The minimum Gasteiger partial charge on any atom is -0.383 e. The van der Waals surface area contributed by atoms with Crippen molar-refractivity contribution >= 4 is 23.5 Å². The minimum absolute atomic E-state index is 0.256. The Morgan fingerprint density at radius 2 is 2.08 bits per heavy atom. The van der Waals surface area contributed by atoms with E-state index in [0.29, 0.717) is 36.7 Å². The van der Waals surface area contributed by atoms with Crippen LogP contribution in [-0.4, -0.2) is 58.1 Å². The lowest BCUT2D eigenvalue weighted by molar-refractivity contribution is -0.127. The lowest BCUT2D eigenvalue weighted by atomic mass is 10.1. The Labute approximate surface area is 156 Å². The number of hydrogen-bond acceptors (Lipinski definition) is 5. The number of carbonyl (C=O) groups excluding carboxylic acids is 2. The molecule has 2 aromatic rings. The van der Waals surface area contributed by atoms with Gasteiger partial charge in [-0.05, 0) is 18.1 Å². The van der Waals surface area contributed by atoms with Crippen molar-refractivity contribution in [3.63, 3.8) is 0 Å². The molecule has 0 saturated carbocycles. The molecule has 1 unspecified atom stereocenters. The average molecular weight is 378 g/mol. The first kappa shape index (κ1) is 18.3. The first-order valence-electron chi connectivity index (χ1n) is 8.31. The van der Waals surface area contributed by atoms with E-state index in [-0.39, 0.29) is 18.5 Å². The molecule has 1 saturated heterocycles. The number of methoxy groups -OCH3 is 1. The fraction of sp³-hybridized carbons (Fsp3) is 0.412. The summed E-state index contributed by atoms with van der Waals surface area (Å²) in [6.07, 6.45) is 2.57. The minimum atomic E-state index is -0.624. The molecular weight excluding hydrogens is 358 g/mol. The van der Waals surface area contributed by atoms with E-state index >= 15 is 0 Å². The van der Waals surface area contributed by atoms with E-state index in [1.807, 2.05) is 18.2 Å². The Balaban J connectivity index is 1.58. The highest BCUT2D eigenvalue weighted by atomic mass is 35.5. The van der Waals surface area contributed by atoms with Crippen molar-refractivity contribution in [1.82, 2.24) is 25.2 Å². The number of nitrogens with zero attached hydrogens (tertiary/aromatic N) is 4. The summed E-state index contributed by atoms with van der Waals surface area (Å²) in [6, 6.07) is 6.38. The Bertz CT molecular complexity index is 794. The zero-order valence-corrected chi connectivity index (χ0v) is 15.1. The summed E-state index contributed by atoms with van der Waals surface area (Å²) < 4.78 is 6.64. The number of carbonyl (C=O) groups is 2. The van der Waals surface area contributed by atoms with Gasteiger partial charge in [-0.1, -0.05) is 35.0 Å². The van der Waals surface area contributed by atoms with Crippen LogP contribution in [0.25, 0.3) is 0 Å². The van der Waals surface area contributed by atoms with E-state index in [1.165, 1.54) is 4.90 Å². The highest BCUT2D eigenvalue weighted by Gasteiger charge is 2.38. The van der Waals surface area contributed by atoms with E-state index < -0.39 is 6.04 Å². The highest BCUT2D eigenvalue weighted by molar-refractivity contribution is 6.31. The number of nitrogens with one attached hydrogen (secondary N) is 1. The molecule has 1 aromatic heterocycles. The molecule has 0 radical (unpaired) electrons. The zero-order valence-electron chi connectivity index (χ0n) is 14.4. The first-order chi connectivity index (χ1) is 12.6. The Kier molecular flexibility index (Phi) is 5.85. The van der Waals surface area contributed by atoms with Gasteiger partial charge in [-0.3, -0.25) is 9.69 Å². The third-order valence-corrected chi connectivity index (χ3v) is 4.56. The standard InChI is InChI=1S/C17H20ClN5O3/c1-26-9-8-22-11-13(20-21-22)10-15-16(24)23(17(25)19-15)7-6-12-4-2-3-5-14(12)18/h2-5,11,15H,6-10H2,1H3,(H,19,25). The number of ether oxygens (including phenoxy) is 1. The number of amides is 3. The number of imide groups is 1. The van der Waals surface area contributed by atoms with Gasteiger partial charge in [0.2, 0.25) is 0 Å². The van der Waals surface area contributed by atoms with Crippen molar-refractivity contribution < 1.29 is 14.3 Å². The molecule has 9 heteroatoms. The van der Waals surface area contributed by atoms with Gasteiger partial charge in [0.15, 0.2) is 0 Å². The largest absolute Gasteiger partial charge is 0.383 e. The third-order valence-electron chi connectivity index (χ3n) is 4.19. The van der Waals surface area contributed by atoms with Crippen LogP contribution in [0.2, 0.25) is 5.02 Å². The van der Waals surface area contributed by atoms with Gasteiger partial charge in [-0.15, -0.1) is 5.10 Å². The van der Waals surface area contributed by atoms with E-state index in [9.17, 15) is 9.59 Å². The second-order valence-electron chi connectivity index (χ2n) is 6.00. The first-order valence-corrected chi connectivity index (χ1v) is 8.69. The maximum Gasteiger partial charge on any atom is 0.324 e. The SMILES string of the molecule is COCCn1cc(CC2NC(=O)N(CCc3ccccc3Cl)C2=O)nn1. The van der Waals surface area contributed by atoms with Crippen LogP contribution in [0.15, 0.2) is 30.5 Å². The molecule has 8 nitrogen and oxygen atoms in total. The van der Waals surface area contributed by atoms with Crippen LogP contribution >= 0.6 is 11.6 Å². The van der Waals surface area contributed by atoms with Crippen LogP contribution in [0.4, 0.5) is 4.79 Å². The van der Waals surface area contributed by atoms with Gasteiger partial charge >= 0.3 is 6.03 Å². The molecule has 0 aliphatic carbocycles. The molecule has 2 heterocycles. The molecule has 1 fully saturated rings. The number of rotatable bonds is 8. The molecule has 1 aliphatic heterocycles. The van der Waals surface area contributed by atoms with Gasteiger partial charge < -0.3 is 10.1 Å². The number of halogens is 1. The molecule has 3 rings (SSSR count). The molecule has 1 atom stereocenters. The van der Waals surface area contributed by atoms with Crippen molar-refractivity contribution in [3.05, 3.63) is 46.7 Å². The van der Waals surface area contributed by atoms with Crippen LogP contribution in [0.1, 0.15) is 11.3 Å². The molecule has 26 heavy (non-hydrogen) atoms. The monoisotopic (exact) mass is 377 g/mol. The van der Waals surface area contributed by atoms with Crippen molar-refractivity contribution in [3.8, 4) is 0 Å². The quantitative estimate of drug-likeness (QED) is 0.700. The van der Waals surface area contributed by atoms with Crippen molar-refractivity contribution in [2.24, 2.45) is 0 Å². The van der Waals surface area contributed by atoms with Gasteiger partial charge in [-0.2, -0.15) is 0 Å². The maximum absolute atomic E-state index is 12.5. The fourth-order valence-electron chi connectivity index (χ4n) is 2.80. The Morgan fingerprint density at radius 3 is 2.85 bits per heavy atom. The molecule has 1 N–H and O–H groups in total. The van der Waals surface area contributed by atoms with Crippen LogP contribution in [0.5, 0.6) is 0 Å². The molecule has 1 aromatic carbocycles. The summed E-state index contributed by atoms with van der Waals surface area (Å²) in [7, 11) is 1.61. The fourth-order valence-corrected chi connectivity index (χ4v) is 3.03. The van der Waals surface area contributed by atoms with E-state index in [0.717, 1.165) is 5.56 Å². The second-order valence-corrected chi connectivity index (χ2v) is 6.41. The summed E-state index contributed by atoms with van der Waals surface area (Å²) in [5.74, 6) is -0.256. The molecule has 3 amide bonds. The lowest BCUT2D eigenvalue weighted by Crippen LogP contribution is -2.34. The molecule has 0 bridgehead atoms. The number of hydrogen-bond donors (Lipinski definition) is 1. The van der Waals surface area contributed by atoms with Gasteiger partial charge in [0.1, 0.15) is 6.04 Å². The summed E-state index contributed by atoms with van der Waals surface area (Å²) in [4.78, 5) is 25.9. The highest BCUT2D eigenvalue weighted by Crippen LogP contribution is 2.17. The Hall–Kier alpha value is -2.45. The normalized spacial score (nSPS) is 17.0. The average Bonchev–Trinajstić information content (AvgIpc) is 3.18. The number of aromatic nitrogens is 3. The van der Waals surface area contributed by atoms with Crippen molar-refractivity contribution in [2.75, 3.05) is 20.3 Å². The van der Waals surface area contributed by atoms with Gasteiger partial charge in [0.05, 0.1) is 18.8 Å². The predicted octanol–water partition coefficient (Wildman–Crippen LogP) is 1.28. The van der Waals surface area contributed by atoms with Crippen LogP contribution in [-0.2, 0) is 28.9 Å². The Morgan fingerprint density at radius 1 is 1.27 bits per heavy atom. The van der Waals surface area contributed by atoms with Crippen LogP contribution in [0, 0.1) is 0 Å². The van der Waals surface area contributed by atoms with Crippen LogP contribution in [0.3, 0.4) is 0 Å². The number of benzene rings is 1. The van der Waals surface area contributed by atoms with Gasteiger partial charge in [0.25, 0.3) is 5.91 Å². The van der Waals surface area contributed by atoms with E-state index in [4.69, 9.17) is 16.3 Å². The molecular formula is C17H20ClN5O3. The predicted molar refractivity (Wildman–Crippen MR) is 94.8 cm³/mol. The maximum atomic E-state index is 12.5. The molecule has 0 spiro atoms. The molecule has 138 valence electrons. The van der Waals surface area contributed by atoms with E-state index in [1.54, 1.807) is 24.1 Å². The topological polar surface area (TPSA) is 89.4 Å². The van der Waals surface area contributed by atoms with Gasteiger partial charge in [-0.25, -0.2) is 9.48 Å². The summed E-state index contributed by atoms with van der Waals surface area (Å²) in [5.41, 5.74) is 1.55. The van der Waals surface area contributed by atoms with Crippen molar-refractivity contribution in [1.29, 1.82) is 0 Å². The third kappa shape index (κ3) is 4.20. The lowest BCUT2D eigenvalue weighted by Gasteiger charge is -2.13. The molecule has 1 aliphatic rings. The van der Waals surface area contributed by atoms with Crippen molar-refractivity contribution in [2.45, 2.75) is 25.4 Å². The summed E-state index contributed by atoms with van der Waals surface area (Å²) in [5, 5.41) is 11.4. The smallest absolute Gasteiger partial charge is 0.324 e. The summed E-state index contributed by atoms with van der Waals surface area (Å²) in [6.45, 7) is 1.39. The van der Waals surface area contributed by atoms with Gasteiger partial charge in [0, 0.05) is 31.3 Å². The number of urea groups is 1. The zero-order chi connectivity index (χ0) is 18.5. The van der Waals surface area contributed by atoms with Crippen LogP contribution < -0.4 is 5.32 Å².